The van der Waals surface area contributed by atoms with Crippen LogP contribution in [0.2, 0.25) is 0 Å². The van der Waals surface area contributed by atoms with Gasteiger partial charge in [-0.25, -0.2) is 4.98 Å². The van der Waals surface area contributed by atoms with Crippen molar-refractivity contribution in [2.24, 2.45) is 4.99 Å². The van der Waals surface area contributed by atoms with Crippen molar-refractivity contribution in [3.05, 3.63) is 23.9 Å². The third-order valence-electron chi connectivity index (χ3n) is 4.04. The molecule has 1 aliphatic heterocycles. The Hall–Kier alpha value is -0.830. The Morgan fingerprint density at radius 1 is 1.05 bits per heavy atom. The average Bonchev–Trinajstić information content (AvgIpc) is 2.50. The van der Waals surface area contributed by atoms with Crippen molar-refractivity contribution in [1.29, 1.82) is 0 Å². The van der Waals surface area contributed by atoms with E-state index < -0.39 is 0 Å². The molecule has 0 amide bonds. The SMILES string of the molecule is c1cnc(SC2CCCCC2)c(C2=NCCCC2)c1. The first-order valence-corrected chi connectivity index (χ1v) is 8.47. The van der Waals surface area contributed by atoms with Crippen LogP contribution >= 0.6 is 11.8 Å². The highest BCUT2D eigenvalue weighted by atomic mass is 32.2. The second-order valence-electron chi connectivity index (χ2n) is 5.52. The van der Waals surface area contributed by atoms with Gasteiger partial charge in [0.15, 0.2) is 0 Å². The van der Waals surface area contributed by atoms with Crippen molar-refractivity contribution < 1.29 is 0 Å². The Labute approximate surface area is 120 Å². The van der Waals surface area contributed by atoms with Gasteiger partial charge in [-0.3, -0.25) is 4.99 Å². The molecule has 0 saturated heterocycles. The fourth-order valence-corrected chi connectivity index (χ4v) is 4.28. The lowest BCUT2D eigenvalue weighted by molar-refractivity contribution is 0.515. The fourth-order valence-electron chi connectivity index (χ4n) is 2.96. The van der Waals surface area contributed by atoms with Gasteiger partial charge in [-0.05, 0) is 44.2 Å². The lowest BCUT2D eigenvalue weighted by Gasteiger charge is -2.22. The maximum absolute atomic E-state index is 4.72. The molecule has 19 heavy (non-hydrogen) atoms. The summed E-state index contributed by atoms with van der Waals surface area (Å²) in [5.74, 6) is 0. The summed E-state index contributed by atoms with van der Waals surface area (Å²) < 4.78 is 0. The second-order valence-corrected chi connectivity index (χ2v) is 6.81. The Bertz CT molecular complexity index is 450. The minimum absolute atomic E-state index is 0.770. The normalized spacial score (nSPS) is 21.2. The molecule has 102 valence electrons. The molecule has 1 aromatic rings. The van der Waals surface area contributed by atoms with Crippen molar-refractivity contribution in [3.63, 3.8) is 0 Å². The van der Waals surface area contributed by atoms with Gasteiger partial charge < -0.3 is 0 Å². The predicted molar refractivity (Wildman–Crippen MR) is 82.2 cm³/mol. The van der Waals surface area contributed by atoms with Gasteiger partial charge >= 0.3 is 0 Å². The number of hydrogen-bond donors (Lipinski definition) is 0. The van der Waals surface area contributed by atoms with E-state index in [1.807, 2.05) is 18.0 Å². The summed E-state index contributed by atoms with van der Waals surface area (Å²) in [6.07, 6.45) is 12.5. The van der Waals surface area contributed by atoms with E-state index in [0.717, 1.165) is 18.2 Å². The van der Waals surface area contributed by atoms with Crippen molar-refractivity contribution in [2.75, 3.05) is 6.54 Å². The zero-order valence-corrected chi connectivity index (χ0v) is 12.3. The highest BCUT2D eigenvalue weighted by molar-refractivity contribution is 7.99. The molecule has 0 spiro atoms. The van der Waals surface area contributed by atoms with Gasteiger partial charge in [0.25, 0.3) is 0 Å². The molecular formula is C16H22N2S. The third-order valence-corrected chi connectivity index (χ3v) is 5.39. The maximum Gasteiger partial charge on any atom is 0.105 e. The zero-order chi connectivity index (χ0) is 12.9. The number of hydrogen-bond acceptors (Lipinski definition) is 3. The first kappa shape index (κ1) is 13.2. The van der Waals surface area contributed by atoms with E-state index in [2.05, 4.69) is 17.1 Å². The van der Waals surface area contributed by atoms with E-state index in [1.54, 1.807) is 0 Å². The van der Waals surface area contributed by atoms with Gasteiger partial charge in [-0.15, -0.1) is 11.8 Å². The topological polar surface area (TPSA) is 25.2 Å². The highest BCUT2D eigenvalue weighted by Crippen LogP contribution is 2.34. The maximum atomic E-state index is 4.72. The summed E-state index contributed by atoms with van der Waals surface area (Å²) in [7, 11) is 0. The molecule has 0 bridgehead atoms. The average molecular weight is 274 g/mol. The molecule has 0 unspecified atom stereocenters. The van der Waals surface area contributed by atoms with Crippen LogP contribution in [0.4, 0.5) is 0 Å². The minimum Gasteiger partial charge on any atom is -0.289 e. The van der Waals surface area contributed by atoms with Crippen LogP contribution in [0.1, 0.15) is 56.9 Å². The van der Waals surface area contributed by atoms with Crippen LogP contribution in [0.5, 0.6) is 0 Å². The highest BCUT2D eigenvalue weighted by Gasteiger charge is 2.19. The molecule has 2 nitrogen and oxygen atoms in total. The molecule has 0 aromatic carbocycles. The third kappa shape index (κ3) is 3.38. The van der Waals surface area contributed by atoms with Gasteiger partial charge in [0.05, 0.1) is 0 Å². The zero-order valence-electron chi connectivity index (χ0n) is 11.5. The Morgan fingerprint density at radius 3 is 2.74 bits per heavy atom. The number of thioether (sulfide) groups is 1. The van der Waals surface area contributed by atoms with Gasteiger partial charge in [0, 0.05) is 29.3 Å². The summed E-state index contributed by atoms with van der Waals surface area (Å²) in [5, 5.41) is 1.99. The Balaban J connectivity index is 1.78. The van der Waals surface area contributed by atoms with Gasteiger partial charge in [0.1, 0.15) is 5.03 Å². The lowest BCUT2D eigenvalue weighted by atomic mass is 10.0. The second kappa shape index (κ2) is 6.56. The molecule has 2 heterocycles. The van der Waals surface area contributed by atoms with E-state index in [-0.39, 0.29) is 0 Å². The van der Waals surface area contributed by atoms with E-state index in [0.29, 0.717) is 0 Å². The van der Waals surface area contributed by atoms with Crippen LogP contribution in [0.15, 0.2) is 28.3 Å². The van der Waals surface area contributed by atoms with Crippen molar-refractivity contribution >= 4 is 17.5 Å². The molecule has 1 aliphatic carbocycles. The van der Waals surface area contributed by atoms with Gasteiger partial charge in [-0.2, -0.15) is 0 Å². The monoisotopic (exact) mass is 274 g/mol. The number of nitrogens with zero attached hydrogens (tertiary/aromatic N) is 2. The van der Waals surface area contributed by atoms with Gasteiger partial charge in [0.2, 0.25) is 0 Å². The smallest absolute Gasteiger partial charge is 0.105 e. The lowest BCUT2D eigenvalue weighted by Crippen LogP contribution is -2.12. The van der Waals surface area contributed by atoms with Crippen molar-refractivity contribution in [2.45, 2.75) is 61.6 Å². The predicted octanol–water partition coefficient (Wildman–Crippen LogP) is 4.48. The van der Waals surface area contributed by atoms with Crippen LogP contribution in [0.25, 0.3) is 0 Å². The van der Waals surface area contributed by atoms with E-state index in [9.17, 15) is 0 Å². The number of rotatable bonds is 3. The summed E-state index contributed by atoms with van der Waals surface area (Å²) >= 11 is 1.99. The fraction of sp³-hybridized carbons (Fsp3) is 0.625. The molecule has 1 aromatic heterocycles. The first-order chi connectivity index (χ1) is 9.43. The number of pyridine rings is 1. The molecule has 0 atom stereocenters. The molecular weight excluding hydrogens is 252 g/mol. The Kier molecular flexibility index (Phi) is 4.54. The first-order valence-electron chi connectivity index (χ1n) is 7.59. The largest absolute Gasteiger partial charge is 0.289 e. The van der Waals surface area contributed by atoms with Crippen LogP contribution in [0.3, 0.4) is 0 Å². The van der Waals surface area contributed by atoms with E-state index >= 15 is 0 Å². The van der Waals surface area contributed by atoms with Crippen molar-refractivity contribution in [1.82, 2.24) is 4.98 Å². The molecule has 2 aliphatic rings. The van der Waals surface area contributed by atoms with Crippen LogP contribution < -0.4 is 0 Å². The van der Waals surface area contributed by atoms with Crippen LogP contribution in [-0.4, -0.2) is 22.5 Å². The summed E-state index contributed by atoms with van der Waals surface area (Å²) in [4.78, 5) is 9.35. The van der Waals surface area contributed by atoms with Crippen LogP contribution in [-0.2, 0) is 0 Å². The molecule has 0 radical (unpaired) electrons. The number of aromatic nitrogens is 1. The number of aliphatic imine (C=N–C) groups is 1. The van der Waals surface area contributed by atoms with Gasteiger partial charge in [-0.1, -0.05) is 19.3 Å². The quantitative estimate of drug-likeness (QED) is 0.812. The molecule has 3 heteroatoms. The van der Waals surface area contributed by atoms with Crippen LogP contribution in [0, 0.1) is 0 Å². The van der Waals surface area contributed by atoms with E-state index in [4.69, 9.17) is 4.99 Å². The summed E-state index contributed by atoms with van der Waals surface area (Å²) in [5.41, 5.74) is 2.59. The summed E-state index contributed by atoms with van der Waals surface area (Å²) in [6, 6.07) is 4.26. The van der Waals surface area contributed by atoms with E-state index in [1.165, 1.54) is 61.2 Å². The molecule has 3 rings (SSSR count). The molecule has 0 N–H and O–H groups in total. The minimum atomic E-state index is 0.770. The summed E-state index contributed by atoms with van der Waals surface area (Å²) in [6.45, 7) is 0.998. The molecule has 1 fully saturated rings. The Morgan fingerprint density at radius 2 is 1.95 bits per heavy atom. The van der Waals surface area contributed by atoms with Crippen molar-refractivity contribution in [3.8, 4) is 0 Å². The standard InChI is InChI=1S/C16H22N2S/c1-2-7-13(8-3-1)19-16-14(9-6-12-18-16)15-10-4-5-11-17-15/h6,9,12-13H,1-5,7-8,10-11H2. The molecule has 1 saturated carbocycles.